The maximum Gasteiger partial charge on any atom is 0.338 e. The number of carbonyl (C=O) groups excluding carboxylic acids is 1. The molecule has 0 aliphatic carbocycles. The van der Waals surface area contributed by atoms with Crippen LogP contribution in [0.4, 0.5) is 5.69 Å². The zero-order valence-electron chi connectivity index (χ0n) is 9.90. The van der Waals surface area contributed by atoms with Gasteiger partial charge in [-0.3, -0.25) is 0 Å². The number of nitrogens with two attached hydrogens (primary N) is 1. The van der Waals surface area contributed by atoms with Crippen molar-refractivity contribution in [2.24, 2.45) is 0 Å². The summed E-state index contributed by atoms with van der Waals surface area (Å²) in [6.07, 6.45) is 0. The molecule has 0 aromatic heterocycles. The molecule has 0 heterocycles. The van der Waals surface area contributed by atoms with Crippen molar-refractivity contribution in [3.05, 3.63) is 62.5 Å². The molecule has 19 heavy (non-hydrogen) atoms. The number of esters is 1. The van der Waals surface area contributed by atoms with Gasteiger partial charge in [0.1, 0.15) is 6.61 Å². The summed E-state index contributed by atoms with van der Waals surface area (Å²) in [6.45, 7) is 0.230. The summed E-state index contributed by atoms with van der Waals surface area (Å²) in [4.78, 5) is 11.9. The van der Waals surface area contributed by atoms with Crippen LogP contribution in [0, 0.1) is 0 Å². The number of ether oxygens (including phenoxy) is 1. The molecule has 0 radical (unpaired) electrons. The molecular weight excluding hydrogens is 374 g/mol. The van der Waals surface area contributed by atoms with Gasteiger partial charge in [-0.05, 0) is 51.8 Å². The van der Waals surface area contributed by atoms with Crippen LogP contribution < -0.4 is 5.73 Å². The van der Waals surface area contributed by atoms with Gasteiger partial charge in [0, 0.05) is 14.6 Å². The van der Waals surface area contributed by atoms with Gasteiger partial charge in [0.05, 0.1) is 5.56 Å². The lowest BCUT2D eigenvalue weighted by Crippen LogP contribution is -2.06. The van der Waals surface area contributed by atoms with Crippen molar-refractivity contribution in [3.8, 4) is 0 Å². The largest absolute Gasteiger partial charge is 0.457 e. The summed E-state index contributed by atoms with van der Waals surface area (Å²) >= 11 is 6.65. The Morgan fingerprint density at radius 3 is 2.63 bits per heavy atom. The van der Waals surface area contributed by atoms with Crippen molar-refractivity contribution in [2.45, 2.75) is 6.61 Å². The highest BCUT2D eigenvalue weighted by Crippen LogP contribution is 2.21. The third-order valence-corrected chi connectivity index (χ3v) is 3.71. The number of hydrogen-bond acceptors (Lipinski definition) is 3. The van der Waals surface area contributed by atoms with Crippen LogP contribution in [0.1, 0.15) is 15.9 Å². The monoisotopic (exact) mass is 383 g/mol. The molecule has 2 rings (SSSR count). The highest BCUT2D eigenvalue weighted by atomic mass is 79.9. The normalized spacial score (nSPS) is 10.2. The number of benzene rings is 2. The summed E-state index contributed by atoms with van der Waals surface area (Å²) in [5, 5.41) is 0. The van der Waals surface area contributed by atoms with Crippen LogP contribution in [-0.2, 0) is 11.3 Å². The third-order valence-electron chi connectivity index (χ3n) is 2.49. The molecular formula is C14H11Br2NO2. The summed E-state index contributed by atoms with van der Waals surface area (Å²) < 4.78 is 6.95. The van der Waals surface area contributed by atoms with Crippen LogP contribution in [0.2, 0.25) is 0 Å². The van der Waals surface area contributed by atoms with E-state index in [4.69, 9.17) is 10.5 Å². The first-order valence-electron chi connectivity index (χ1n) is 5.53. The average molecular weight is 385 g/mol. The van der Waals surface area contributed by atoms with Gasteiger partial charge in [-0.15, -0.1) is 0 Å². The van der Waals surface area contributed by atoms with Gasteiger partial charge in [0.15, 0.2) is 0 Å². The second-order valence-corrected chi connectivity index (χ2v) is 5.71. The van der Waals surface area contributed by atoms with Crippen LogP contribution in [0.15, 0.2) is 51.4 Å². The molecule has 5 heteroatoms. The Kier molecular flexibility index (Phi) is 4.61. The maximum absolute atomic E-state index is 11.9. The minimum absolute atomic E-state index is 0.230. The summed E-state index contributed by atoms with van der Waals surface area (Å²) in [5.74, 6) is -0.390. The van der Waals surface area contributed by atoms with Gasteiger partial charge in [-0.25, -0.2) is 4.79 Å². The minimum Gasteiger partial charge on any atom is -0.457 e. The van der Waals surface area contributed by atoms with E-state index in [1.807, 2.05) is 24.3 Å². The van der Waals surface area contributed by atoms with E-state index >= 15 is 0 Å². The van der Waals surface area contributed by atoms with Gasteiger partial charge in [-0.1, -0.05) is 28.1 Å². The number of hydrogen-bond donors (Lipinski definition) is 1. The van der Waals surface area contributed by atoms with E-state index in [0.29, 0.717) is 11.3 Å². The van der Waals surface area contributed by atoms with Gasteiger partial charge in [0.25, 0.3) is 0 Å². The SMILES string of the molecule is Nc1cc(C(=O)OCc2cccc(Br)c2)ccc1Br. The summed E-state index contributed by atoms with van der Waals surface area (Å²) in [6, 6.07) is 12.6. The van der Waals surface area contributed by atoms with E-state index in [0.717, 1.165) is 14.5 Å². The molecule has 0 unspecified atom stereocenters. The molecule has 0 saturated heterocycles. The molecule has 0 spiro atoms. The Labute approximate surface area is 128 Å². The predicted octanol–water partition coefficient (Wildman–Crippen LogP) is 4.15. The first-order valence-corrected chi connectivity index (χ1v) is 7.11. The molecule has 2 aromatic rings. The van der Waals surface area contributed by atoms with E-state index in [1.54, 1.807) is 18.2 Å². The topological polar surface area (TPSA) is 52.3 Å². The fourth-order valence-corrected chi connectivity index (χ4v) is 2.22. The number of nitrogen functional groups attached to an aromatic ring is 1. The Morgan fingerprint density at radius 2 is 1.95 bits per heavy atom. The fourth-order valence-electron chi connectivity index (χ4n) is 1.53. The van der Waals surface area contributed by atoms with Gasteiger partial charge >= 0.3 is 5.97 Å². The second-order valence-electron chi connectivity index (χ2n) is 3.94. The van der Waals surface area contributed by atoms with E-state index in [9.17, 15) is 4.79 Å². The molecule has 2 aromatic carbocycles. The van der Waals surface area contributed by atoms with E-state index in [2.05, 4.69) is 31.9 Å². The van der Waals surface area contributed by atoms with E-state index < -0.39 is 0 Å². The Bertz CT molecular complexity index is 614. The summed E-state index contributed by atoms with van der Waals surface area (Å²) in [7, 11) is 0. The lowest BCUT2D eigenvalue weighted by molar-refractivity contribution is 0.0472. The number of carbonyl (C=O) groups is 1. The lowest BCUT2D eigenvalue weighted by atomic mass is 10.2. The minimum atomic E-state index is -0.390. The molecule has 0 amide bonds. The van der Waals surface area contributed by atoms with Crippen LogP contribution in [0.5, 0.6) is 0 Å². The van der Waals surface area contributed by atoms with Crippen molar-refractivity contribution in [1.82, 2.24) is 0 Å². The van der Waals surface area contributed by atoms with Crippen LogP contribution >= 0.6 is 31.9 Å². The van der Waals surface area contributed by atoms with Crippen molar-refractivity contribution >= 4 is 43.5 Å². The Morgan fingerprint density at radius 1 is 1.16 bits per heavy atom. The second kappa shape index (κ2) is 6.21. The van der Waals surface area contributed by atoms with E-state index in [-0.39, 0.29) is 12.6 Å². The highest BCUT2D eigenvalue weighted by molar-refractivity contribution is 9.10. The van der Waals surface area contributed by atoms with Gasteiger partial charge in [-0.2, -0.15) is 0 Å². The van der Waals surface area contributed by atoms with Crippen molar-refractivity contribution < 1.29 is 9.53 Å². The first kappa shape index (κ1) is 14.1. The zero-order chi connectivity index (χ0) is 13.8. The van der Waals surface area contributed by atoms with Crippen LogP contribution in [-0.4, -0.2) is 5.97 Å². The third kappa shape index (κ3) is 3.81. The molecule has 0 fully saturated rings. The quantitative estimate of drug-likeness (QED) is 0.638. The van der Waals surface area contributed by atoms with Gasteiger partial charge in [0.2, 0.25) is 0 Å². The smallest absolute Gasteiger partial charge is 0.338 e. The van der Waals surface area contributed by atoms with Gasteiger partial charge < -0.3 is 10.5 Å². The molecule has 3 nitrogen and oxygen atoms in total. The molecule has 0 aliphatic heterocycles. The van der Waals surface area contributed by atoms with Crippen molar-refractivity contribution in [2.75, 3.05) is 5.73 Å². The number of halogens is 2. The highest BCUT2D eigenvalue weighted by Gasteiger charge is 2.09. The molecule has 98 valence electrons. The molecule has 2 N–H and O–H groups in total. The summed E-state index contributed by atoms with van der Waals surface area (Å²) in [5.41, 5.74) is 7.60. The standard InChI is InChI=1S/C14H11Br2NO2/c15-11-3-1-2-9(6-11)8-19-14(18)10-4-5-12(16)13(17)7-10/h1-7H,8,17H2. The van der Waals surface area contributed by atoms with Crippen LogP contribution in [0.3, 0.4) is 0 Å². The van der Waals surface area contributed by atoms with Crippen LogP contribution in [0.25, 0.3) is 0 Å². The zero-order valence-corrected chi connectivity index (χ0v) is 13.1. The molecule has 0 bridgehead atoms. The molecule has 0 atom stereocenters. The number of rotatable bonds is 3. The number of anilines is 1. The Hall–Kier alpha value is -1.33. The van der Waals surface area contributed by atoms with Crippen molar-refractivity contribution in [1.29, 1.82) is 0 Å². The average Bonchev–Trinajstić information content (AvgIpc) is 2.39. The van der Waals surface area contributed by atoms with Crippen molar-refractivity contribution in [3.63, 3.8) is 0 Å². The molecule has 0 aliphatic rings. The fraction of sp³-hybridized carbons (Fsp3) is 0.0714. The predicted molar refractivity (Wildman–Crippen MR) is 81.8 cm³/mol. The lowest BCUT2D eigenvalue weighted by Gasteiger charge is -2.06. The Balaban J connectivity index is 2.03. The van der Waals surface area contributed by atoms with E-state index in [1.165, 1.54) is 0 Å². The maximum atomic E-state index is 11.9. The first-order chi connectivity index (χ1) is 9.06. The molecule has 0 saturated carbocycles.